The van der Waals surface area contributed by atoms with E-state index < -0.39 is 0 Å². The van der Waals surface area contributed by atoms with Crippen LogP contribution in [0, 0.1) is 5.92 Å². The molecule has 2 aromatic heterocycles. The first kappa shape index (κ1) is 14.7. The molecule has 0 bridgehead atoms. The fourth-order valence-corrected chi connectivity index (χ4v) is 2.42. The Kier molecular flexibility index (Phi) is 4.18. The predicted molar refractivity (Wildman–Crippen MR) is 78.7 cm³/mol. The highest BCUT2D eigenvalue weighted by Crippen LogP contribution is 2.21. The van der Waals surface area contributed by atoms with Crippen molar-refractivity contribution in [1.82, 2.24) is 19.4 Å². The molecule has 0 spiro atoms. The zero-order chi connectivity index (χ0) is 14.9. The zero-order valence-electron chi connectivity index (χ0n) is 12.1. The topological polar surface area (TPSA) is 51.9 Å². The van der Waals surface area contributed by atoms with Crippen LogP contribution in [-0.2, 0) is 14.1 Å². The smallest absolute Gasteiger partial charge is 0.268 e. The maximum atomic E-state index is 12.4. The molecule has 2 aromatic rings. The van der Waals surface area contributed by atoms with Crippen molar-refractivity contribution in [1.29, 1.82) is 0 Å². The van der Waals surface area contributed by atoms with E-state index in [2.05, 4.69) is 24.1 Å². The summed E-state index contributed by atoms with van der Waals surface area (Å²) in [7, 11) is 3.72. The van der Waals surface area contributed by atoms with Crippen molar-refractivity contribution >= 4 is 17.5 Å². The molecule has 0 aromatic carbocycles. The van der Waals surface area contributed by atoms with Gasteiger partial charge in [-0.2, -0.15) is 0 Å². The summed E-state index contributed by atoms with van der Waals surface area (Å²) in [5.41, 5.74) is 0.537. The number of hydrogen-bond acceptors (Lipinski definition) is 2. The average molecular weight is 295 g/mol. The van der Waals surface area contributed by atoms with Crippen molar-refractivity contribution < 1.29 is 4.79 Å². The van der Waals surface area contributed by atoms with E-state index in [9.17, 15) is 4.79 Å². The molecule has 0 aliphatic carbocycles. The zero-order valence-corrected chi connectivity index (χ0v) is 12.8. The number of halogens is 1. The van der Waals surface area contributed by atoms with Gasteiger partial charge >= 0.3 is 0 Å². The van der Waals surface area contributed by atoms with E-state index in [0.717, 1.165) is 5.82 Å². The molecule has 20 heavy (non-hydrogen) atoms. The molecule has 108 valence electrons. The summed E-state index contributed by atoms with van der Waals surface area (Å²) >= 11 is 5.92. The molecule has 1 amide bonds. The highest BCUT2D eigenvalue weighted by Gasteiger charge is 2.23. The Morgan fingerprint density at radius 2 is 2.05 bits per heavy atom. The third-order valence-electron chi connectivity index (χ3n) is 3.29. The first-order valence-corrected chi connectivity index (χ1v) is 6.88. The molecular weight excluding hydrogens is 276 g/mol. The number of carbonyl (C=O) groups is 1. The van der Waals surface area contributed by atoms with E-state index >= 15 is 0 Å². The minimum Gasteiger partial charge on any atom is -0.345 e. The van der Waals surface area contributed by atoms with Gasteiger partial charge in [-0.15, -0.1) is 0 Å². The summed E-state index contributed by atoms with van der Waals surface area (Å²) in [6, 6.07) is 1.52. The van der Waals surface area contributed by atoms with Gasteiger partial charge in [0.15, 0.2) is 0 Å². The summed E-state index contributed by atoms with van der Waals surface area (Å²) in [5.74, 6) is 0.922. The summed E-state index contributed by atoms with van der Waals surface area (Å²) in [4.78, 5) is 16.7. The lowest BCUT2D eigenvalue weighted by Gasteiger charge is -2.22. The molecule has 6 heteroatoms. The van der Waals surface area contributed by atoms with Gasteiger partial charge in [0.2, 0.25) is 0 Å². The van der Waals surface area contributed by atoms with Crippen LogP contribution in [0.5, 0.6) is 0 Å². The first-order valence-electron chi connectivity index (χ1n) is 6.50. The van der Waals surface area contributed by atoms with Crippen LogP contribution < -0.4 is 5.32 Å². The number of aryl methyl sites for hydroxylation is 2. The summed E-state index contributed by atoms with van der Waals surface area (Å²) in [6.45, 7) is 4.11. The van der Waals surface area contributed by atoms with Crippen LogP contribution in [0.2, 0.25) is 5.02 Å². The van der Waals surface area contributed by atoms with Crippen molar-refractivity contribution in [2.24, 2.45) is 20.0 Å². The molecule has 1 N–H and O–H groups in total. The van der Waals surface area contributed by atoms with E-state index in [1.165, 1.54) is 0 Å². The number of imidazole rings is 1. The fourth-order valence-electron chi connectivity index (χ4n) is 2.17. The number of carbonyl (C=O) groups excluding carboxylic acids is 1. The Labute approximate surface area is 123 Å². The number of nitrogens with zero attached hydrogens (tertiary/aromatic N) is 3. The second-order valence-electron chi connectivity index (χ2n) is 5.25. The normalized spacial score (nSPS) is 12.7. The van der Waals surface area contributed by atoms with Gasteiger partial charge in [0.25, 0.3) is 5.91 Å². The maximum absolute atomic E-state index is 12.4. The van der Waals surface area contributed by atoms with Crippen LogP contribution in [-0.4, -0.2) is 20.0 Å². The van der Waals surface area contributed by atoms with E-state index in [1.54, 1.807) is 30.1 Å². The van der Waals surface area contributed by atoms with Crippen molar-refractivity contribution in [2.75, 3.05) is 0 Å². The van der Waals surface area contributed by atoms with Gasteiger partial charge in [0, 0.05) is 32.7 Å². The Morgan fingerprint density at radius 1 is 1.35 bits per heavy atom. The van der Waals surface area contributed by atoms with E-state index in [0.29, 0.717) is 10.7 Å². The summed E-state index contributed by atoms with van der Waals surface area (Å²) in [5, 5.41) is 3.58. The molecule has 0 aliphatic heterocycles. The average Bonchev–Trinajstić information content (AvgIpc) is 2.91. The molecule has 1 atom stereocenters. The number of rotatable bonds is 4. The number of amides is 1. The lowest BCUT2D eigenvalue weighted by atomic mass is 10.0. The van der Waals surface area contributed by atoms with Crippen LogP contribution in [0.3, 0.4) is 0 Å². The van der Waals surface area contributed by atoms with Crippen molar-refractivity contribution in [3.05, 3.63) is 41.2 Å². The fraction of sp³-hybridized carbons (Fsp3) is 0.429. The summed E-state index contributed by atoms with van der Waals surface area (Å²) in [6.07, 6.45) is 5.31. The molecule has 0 saturated heterocycles. The van der Waals surface area contributed by atoms with E-state index in [4.69, 9.17) is 11.6 Å². The highest BCUT2D eigenvalue weighted by atomic mass is 35.5. The van der Waals surface area contributed by atoms with Crippen LogP contribution in [0.4, 0.5) is 0 Å². The van der Waals surface area contributed by atoms with Gasteiger partial charge in [-0.05, 0) is 12.0 Å². The van der Waals surface area contributed by atoms with Gasteiger partial charge in [-0.1, -0.05) is 25.4 Å². The SMILES string of the molecule is CC(C)[C@H](NC(=O)c1cc(Cl)cn1C)c1nccn1C. The Morgan fingerprint density at radius 3 is 2.50 bits per heavy atom. The number of aromatic nitrogens is 3. The van der Waals surface area contributed by atoms with Gasteiger partial charge < -0.3 is 14.5 Å². The number of nitrogens with one attached hydrogen (secondary N) is 1. The minimum absolute atomic E-state index is 0.142. The molecular formula is C14H19ClN4O. The standard InChI is InChI=1S/C14H19ClN4O/c1-9(2)12(13-16-5-6-18(13)3)17-14(20)11-7-10(15)8-19(11)4/h5-9,12H,1-4H3,(H,17,20)/t12-/m0/s1. The molecule has 0 unspecified atom stereocenters. The van der Waals surface area contributed by atoms with Crippen LogP contribution in [0.1, 0.15) is 36.2 Å². The quantitative estimate of drug-likeness (QED) is 0.942. The summed E-state index contributed by atoms with van der Waals surface area (Å²) < 4.78 is 3.64. The first-order chi connectivity index (χ1) is 9.40. The molecule has 2 heterocycles. The third-order valence-corrected chi connectivity index (χ3v) is 3.50. The third kappa shape index (κ3) is 2.88. The molecule has 0 aliphatic rings. The van der Waals surface area contributed by atoms with Crippen molar-refractivity contribution in [2.45, 2.75) is 19.9 Å². The molecule has 0 saturated carbocycles. The highest BCUT2D eigenvalue weighted by molar-refractivity contribution is 6.31. The lowest BCUT2D eigenvalue weighted by molar-refractivity contribution is 0.0914. The Bertz CT molecular complexity index is 614. The van der Waals surface area contributed by atoms with Crippen LogP contribution in [0.15, 0.2) is 24.7 Å². The molecule has 2 rings (SSSR count). The largest absolute Gasteiger partial charge is 0.345 e. The van der Waals surface area contributed by atoms with Gasteiger partial charge in [-0.25, -0.2) is 4.98 Å². The van der Waals surface area contributed by atoms with E-state index in [1.807, 2.05) is 17.8 Å². The molecule has 0 radical (unpaired) electrons. The van der Waals surface area contributed by atoms with Crippen molar-refractivity contribution in [3.63, 3.8) is 0 Å². The van der Waals surface area contributed by atoms with Crippen LogP contribution >= 0.6 is 11.6 Å². The van der Waals surface area contributed by atoms with Gasteiger partial charge in [0.05, 0.1) is 11.1 Å². The Hall–Kier alpha value is -1.75. The second-order valence-corrected chi connectivity index (χ2v) is 5.68. The second kappa shape index (κ2) is 5.71. The van der Waals surface area contributed by atoms with Crippen molar-refractivity contribution in [3.8, 4) is 0 Å². The monoisotopic (exact) mass is 294 g/mol. The van der Waals surface area contributed by atoms with Gasteiger partial charge in [0.1, 0.15) is 11.5 Å². The molecule has 5 nitrogen and oxygen atoms in total. The Balaban J connectivity index is 2.23. The predicted octanol–water partition coefficient (Wildman–Crippen LogP) is 2.54. The molecule has 0 fully saturated rings. The van der Waals surface area contributed by atoms with Gasteiger partial charge in [-0.3, -0.25) is 4.79 Å². The van der Waals surface area contributed by atoms with Crippen LogP contribution in [0.25, 0.3) is 0 Å². The minimum atomic E-state index is -0.152. The lowest BCUT2D eigenvalue weighted by Crippen LogP contribution is -2.34. The van der Waals surface area contributed by atoms with E-state index in [-0.39, 0.29) is 17.9 Å². The number of hydrogen-bond donors (Lipinski definition) is 1. The maximum Gasteiger partial charge on any atom is 0.268 e.